The molecule has 4 nitrogen and oxygen atoms in total. The van der Waals surface area contributed by atoms with Gasteiger partial charge in [0.2, 0.25) is 6.79 Å². The van der Waals surface area contributed by atoms with Crippen LogP contribution in [0.25, 0.3) is 0 Å². The Morgan fingerprint density at radius 3 is 2.79 bits per heavy atom. The van der Waals surface area contributed by atoms with Crippen molar-refractivity contribution in [2.75, 3.05) is 6.79 Å². The van der Waals surface area contributed by atoms with E-state index in [0.29, 0.717) is 12.2 Å². The molecule has 2 aliphatic rings. The molecule has 1 aliphatic carbocycles. The van der Waals surface area contributed by atoms with Crippen LogP contribution in [0.15, 0.2) is 12.1 Å². The Kier molecular flexibility index (Phi) is 1.32. The lowest BCUT2D eigenvalue weighted by Crippen LogP contribution is -2.24. The summed E-state index contributed by atoms with van der Waals surface area (Å²) in [6.07, 6.45) is 0.599. The third kappa shape index (κ3) is 0.852. The fourth-order valence-electron chi connectivity index (χ4n) is 1.92. The first-order valence-electron chi connectivity index (χ1n) is 4.41. The van der Waals surface area contributed by atoms with Crippen LogP contribution in [0, 0.1) is 0 Å². The molecule has 0 radical (unpaired) electrons. The molecule has 0 bridgehead atoms. The number of carbonyl (C=O) groups is 1. The zero-order chi connectivity index (χ0) is 9.71. The molecule has 1 aromatic rings. The minimum Gasteiger partial charge on any atom is -0.481 e. The molecule has 1 N–H and O–H groups in total. The quantitative estimate of drug-likeness (QED) is 0.724. The maximum Gasteiger partial charge on any atom is 0.311 e. The highest BCUT2D eigenvalue weighted by molar-refractivity contribution is 5.81. The van der Waals surface area contributed by atoms with Crippen molar-refractivity contribution in [3.05, 3.63) is 23.3 Å². The van der Waals surface area contributed by atoms with E-state index in [-0.39, 0.29) is 12.7 Å². The number of hydrogen-bond donors (Lipinski definition) is 1. The lowest BCUT2D eigenvalue weighted by Gasteiger charge is -2.26. The van der Waals surface area contributed by atoms with Gasteiger partial charge in [-0.1, -0.05) is 0 Å². The van der Waals surface area contributed by atoms with Gasteiger partial charge in [-0.25, -0.2) is 0 Å². The molecule has 1 aliphatic heterocycles. The van der Waals surface area contributed by atoms with Crippen LogP contribution in [0.3, 0.4) is 0 Å². The summed E-state index contributed by atoms with van der Waals surface area (Å²) in [5.74, 6) is 0.262. The van der Waals surface area contributed by atoms with Crippen LogP contribution in [0.2, 0.25) is 0 Å². The Bertz CT molecular complexity index is 424. The lowest BCUT2D eigenvalue weighted by atomic mass is 9.77. The van der Waals surface area contributed by atoms with Gasteiger partial charge >= 0.3 is 5.97 Å². The third-order valence-corrected chi connectivity index (χ3v) is 2.73. The van der Waals surface area contributed by atoms with Gasteiger partial charge in [-0.2, -0.15) is 0 Å². The van der Waals surface area contributed by atoms with Crippen LogP contribution in [-0.4, -0.2) is 17.9 Å². The van der Waals surface area contributed by atoms with Crippen LogP contribution in [-0.2, 0) is 11.2 Å². The number of hydrogen-bond acceptors (Lipinski definition) is 3. The number of benzene rings is 1. The largest absolute Gasteiger partial charge is 0.481 e. The van der Waals surface area contributed by atoms with E-state index < -0.39 is 5.97 Å². The fourth-order valence-corrected chi connectivity index (χ4v) is 1.92. The minimum absolute atomic E-state index is 0.232. The Hall–Kier alpha value is -1.71. The summed E-state index contributed by atoms with van der Waals surface area (Å²) < 4.78 is 10.4. The number of aliphatic carboxylic acids is 1. The van der Waals surface area contributed by atoms with Crippen molar-refractivity contribution < 1.29 is 19.4 Å². The van der Waals surface area contributed by atoms with Crippen molar-refractivity contribution >= 4 is 5.97 Å². The van der Waals surface area contributed by atoms with Gasteiger partial charge in [0.1, 0.15) is 0 Å². The molecule has 0 fully saturated rings. The highest BCUT2D eigenvalue weighted by Crippen LogP contribution is 2.44. The highest BCUT2D eigenvalue weighted by atomic mass is 16.7. The van der Waals surface area contributed by atoms with Crippen molar-refractivity contribution in [2.45, 2.75) is 12.3 Å². The number of carboxylic acids is 1. The van der Waals surface area contributed by atoms with Crippen LogP contribution < -0.4 is 9.47 Å². The smallest absolute Gasteiger partial charge is 0.311 e. The number of carboxylic acid groups (broad SMARTS) is 1. The molecule has 0 aromatic heterocycles. The molecule has 72 valence electrons. The van der Waals surface area contributed by atoms with Gasteiger partial charge in [-0.15, -0.1) is 0 Å². The number of ether oxygens (including phenoxy) is 2. The lowest BCUT2D eigenvalue weighted by molar-refractivity contribution is -0.139. The maximum absolute atomic E-state index is 10.8. The molecular formula is C10H8O4. The van der Waals surface area contributed by atoms with Gasteiger partial charge in [-0.3, -0.25) is 4.79 Å². The van der Waals surface area contributed by atoms with Crippen molar-refractivity contribution in [1.82, 2.24) is 0 Å². The number of fused-ring (bicyclic) bond motifs is 2. The molecule has 0 amide bonds. The molecule has 0 spiro atoms. The Labute approximate surface area is 80.1 Å². The van der Waals surface area contributed by atoms with Crippen molar-refractivity contribution in [2.24, 2.45) is 0 Å². The van der Waals surface area contributed by atoms with Gasteiger partial charge in [0.05, 0.1) is 5.92 Å². The average Bonchev–Trinajstić information content (AvgIpc) is 2.54. The van der Waals surface area contributed by atoms with E-state index in [4.69, 9.17) is 14.6 Å². The van der Waals surface area contributed by atoms with E-state index in [1.54, 1.807) is 6.07 Å². The zero-order valence-electron chi connectivity index (χ0n) is 7.32. The van der Waals surface area contributed by atoms with Crippen molar-refractivity contribution in [3.63, 3.8) is 0 Å². The standard InChI is InChI=1S/C10H8O4/c11-10(12)7-1-5-2-8-9(3-6(5)7)14-4-13-8/h2-3,7H,1,4H2,(H,11,12)/t7-/m1/s1. The third-order valence-electron chi connectivity index (χ3n) is 2.73. The van der Waals surface area contributed by atoms with Crippen molar-refractivity contribution in [3.8, 4) is 11.5 Å². The molecular weight excluding hydrogens is 184 g/mol. The van der Waals surface area contributed by atoms with Crippen molar-refractivity contribution in [1.29, 1.82) is 0 Å². The van der Waals surface area contributed by atoms with E-state index in [0.717, 1.165) is 16.9 Å². The molecule has 0 saturated carbocycles. The van der Waals surface area contributed by atoms with Crippen LogP contribution >= 0.6 is 0 Å². The minimum atomic E-state index is -0.767. The molecule has 1 heterocycles. The van der Waals surface area contributed by atoms with Gasteiger partial charge < -0.3 is 14.6 Å². The summed E-state index contributed by atoms with van der Waals surface area (Å²) in [5.41, 5.74) is 1.92. The Balaban J connectivity index is 2.06. The van der Waals surface area contributed by atoms with Gasteiger partial charge in [0, 0.05) is 0 Å². The molecule has 1 aromatic carbocycles. The zero-order valence-corrected chi connectivity index (χ0v) is 7.32. The fraction of sp³-hybridized carbons (Fsp3) is 0.300. The van der Waals surface area contributed by atoms with Crippen LogP contribution in [0.5, 0.6) is 11.5 Å². The van der Waals surface area contributed by atoms with Gasteiger partial charge in [0.25, 0.3) is 0 Å². The van der Waals surface area contributed by atoms with E-state index >= 15 is 0 Å². The second-order valence-corrected chi connectivity index (χ2v) is 3.50. The average molecular weight is 192 g/mol. The van der Waals surface area contributed by atoms with Crippen LogP contribution in [0.4, 0.5) is 0 Å². The topological polar surface area (TPSA) is 55.8 Å². The normalized spacial score (nSPS) is 21.3. The molecule has 3 rings (SSSR count). The molecule has 1 atom stereocenters. The Morgan fingerprint density at radius 1 is 1.36 bits per heavy atom. The van der Waals surface area contributed by atoms with E-state index in [1.165, 1.54) is 0 Å². The highest BCUT2D eigenvalue weighted by Gasteiger charge is 2.34. The first-order chi connectivity index (χ1) is 6.75. The van der Waals surface area contributed by atoms with Gasteiger partial charge in [-0.05, 0) is 29.7 Å². The van der Waals surface area contributed by atoms with E-state index in [9.17, 15) is 4.79 Å². The molecule has 0 saturated heterocycles. The summed E-state index contributed by atoms with van der Waals surface area (Å²) in [4.78, 5) is 10.8. The first-order valence-corrected chi connectivity index (χ1v) is 4.41. The monoisotopic (exact) mass is 192 g/mol. The predicted octanol–water partition coefficient (Wildman–Crippen LogP) is 1.14. The van der Waals surface area contributed by atoms with Crippen LogP contribution in [0.1, 0.15) is 17.0 Å². The van der Waals surface area contributed by atoms with Gasteiger partial charge in [0.15, 0.2) is 11.5 Å². The summed E-state index contributed by atoms with van der Waals surface area (Å²) in [7, 11) is 0. The first kappa shape index (κ1) is 7.67. The maximum atomic E-state index is 10.8. The summed E-state index contributed by atoms with van der Waals surface area (Å²) >= 11 is 0. The molecule has 0 unspecified atom stereocenters. The number of rotatable bonds is 1. The summed E-state index contributed by atoms with van der Waals surface area (Å²) in [5, 5.41) is 8.86. The Morgan fingerprint density at radius 2 is 2.07 bits per heavy atom. The van der Waals surface area contributed by atoms with E-state index in [1.807, 2.05) is 6.07 Å². The molecule has 14 heavy (non-hydrogen) atoms. The van der Waals surface area contributed by atoms with E-state index in [2.05, 4.69) is 0 Å². The SMILES string of the molecule is O=C(O)[C@@H]1Cc2cc3c(cc21)OCO3. The molecule has 4 heteroatoms. The second-order valence-electron chi connectivity index (χ2n) is 3.50. The predicted molar refractivity (Wildman–Crippen MR) is 46.6 cm³/mol. The summed E-state index contributed by atoms with van der Waals surface area (Å²) in [6.45, 7) is 0.232. The summed E-state index contributed by atoms with van der Waals surface area (Å²) in [6, 6.07) is 3.65. The second kappa shape index (κ2) is 2.41.